The van der Waals surface area contributed by atoms with E-state index < -0.39 is 0 Å². The van der Waals surface area contributed by atoms with Crippen LogP contribution in [0.15, 0.2) is 200 Å². The van der Waals surface area contributed by atoms with Gasteiger partial charge in [0.2, 0.25) is 0 Å². The van der Waals surface area contributed by atoms with E-state index in [0.29, 0.717) is 17.5 Å². The average Bonchev–Trinajstić information content (AvgIpc) is 3.80. The lowest BCUT2D eigenvalue weighted by Crippen LogP contribution is -2.00. The minimum absolute atomic E-state index is 0.645. The fraction of sp³-hybridized carbons (Fsp3) is 0. The molecule has 262 valence electrons. The lowest BCUT2D eigenvalue weighted by molar-refractivity contribution is 1.07. The SMILES string of the molecule is c1ccc(-c2nc(-c3ccccc3)nc(-c3ccc(-c4ccc(-n5c6ccccc6c6c7c8ccccc8n(-c8ccccc8)c7ccc65)cc4)cc3)n2)cc1. The maximum atomic E-state index is 4.92. The largest absolute Gasteiger partial charge is 0.309 e. The van der Waals surface area contributed by atoms with Crippen molar-refractivity contribution in [3.8, 4) is 56.7 Å². The molecule has 11 aromatic rings. The number of aromatic nitrogens is 5. The Bertz CT molecular complexity index is 3140. The second-order valence-electron chi connectivity index (χ2n) is 14.1. The summed E-state index contributed by atoms with van der Waals surface area (Å²) in [4.78, 5) is 14.7. The van der Waals surface area contributed by atoms with E-state index in [2.05, 4.69) is 149 Å². The van der Waals surface area contributed by atoms with Crippen LogP contribution in [0, 0.1) is 0 Å². The molecular formula is C51H33N5. The third kappa shape index (κ3) is 5.21. The van der Waals surface area contributed by atoms with Gasteiger partial charge >= 0.3 is 0 Å². The fourth-order valence-electron chi connectivity index (χ4n) is 8.20. The number of hydrogen-bond acceptors (Lipinski definition) is 3. The predicted molar refractivity (Wildman–Crippen MR) is 230 cm³/mol. The minimum Gasteiger partial charge on any atom is -0.309 e. The molecule has 0 unspecified atom stereocenters. The monoisotopic (exact) mass is 715 g/mol. The molecule has 0 saturated carbocycles. The second kappa shape index (κ2) is 13.0. The predicted octanol–water partition coefficient (Wildman–Crippen LogP) is 12.7. The standard InChI is InChI=1S/C51H33N5/c1-4-14-36(15-5-1)49-52-50(37-16-6-2-7-17-37)54-51(53-49)38-26-24-34(25-27-38)35-28-30-40(31-29-35)56-44-23-13-11-21-42(44)48-46(56)33-32-45-47(48)41-20-10-12-22-43(41)55(45)39-18-8-3-9-19-39/h1-33H. The van der Waals surface area contributed by atoms with E-state index in [1.54, 1.807) is 0 Å². The van der Waals surface area contributed by atoms with Gasteiger partial charge in [0, 0.05) is 49.6 Å². The van der Waals surface area contributed by atoms with Crippen LogP contribution in [-0.4, -0.2) is 24.1 Å². The van der Waals surface area contributed by atoms with Crippen LogP contribution in [0.1, 0.15) is 0 Å². The van der Waals surface area contributed by atoms with Gasteiger partial charge in [-0.05, 0) is 59.7 Å². The zero-order valence-corrected chi connectivity index (χ0v) is 30.3. The van der Waals surface area contributed by atoms with E-state index in [1.807, 2.05) is 60.7 Å². The van der Waals surface area contributed by atoms with Crippen LogP contribution >= 0.6 is 0 Å². The molecule has 5 nitrogen and oxygen atoms in total. The van der Waals surface area contributed by atoms with Crippen LogP contribution in [0.3, 0.4) is 0 Å². The van der Waals surface area contributed by atoms with Gasteiger partial charge in [0.1, 0.15) is 0 Å². The average molecular weight is 716 g/mol. The summed E-state index contributed by atoms with van der Waals surface area (Å²) < 4.78 is 4.79. The molecule has 3 aromatic heterocycles. The first-order valence-electron chi connectivity index (χ1n) is 18.9. The Morgan fingerprint density at radius 2 is 0.589 bits per heavy atom. The summed E-state index contributed by atoms with van der Waals surface area (Å²) in [6.45, 7) is 0. The molecule has 0 bridgehead atoms. The minimum atomic E-state index is 0.645. The van der Waals surface area contributed by atoms with E-state index in [4.69, 9.17) is 15.0 Å². The highest BCUT2D eigenvalue weighted by Crippen LogP contribution is 2.42. The maximum absolute atomic E-state index is 4.92. The van der Waals surface area contributed by atoms with Gasteiger partial charge in [0.05, 0.1) is 22.1 Å². The lowest BCUT2D eigenvalue weighted by Gasteiger charge is -2.11. The van der Waals surface area contributed by atoms with E-state index in [9.17, 15) is 0 Å². The topological polar surface area (TPSA) is 48.5 Å². The smallest absolute Gasteiger partial charge is 0.164 e. The molecule has 8 aromatic carbocycles. The van der Waals surface area contributed by atoms with Crippen molar-refractivity contribution in [2.75, 3.05) is 0 Å². The summed E-state index contributed by atoms with van der Waals surface area (Å²) >= 11 is 0. The first-order chi connectivity index (χ1) is 27.8. The molecule has 56 heavy (non-hydrogen) atoms. The Morgan fingerprint density at radius 3 is 1.05 bits per heavy atom. The van der Waals surface area contributed by atoms with Crippen LogP contribution in [0.2, 0.25) is 0 Å². The molecule has 0 fully saturated rings. The van der Waals surface area contributed by atoms with Gasteiger partial charge < -0.3 is 9.13 Å². The number of para-hydroxylation sites is 3. The highest BCUT2D eigenvalue weighted by atomic mass is 15.0. The highest BCUT2D eigenvalue weighted by Gasteiger charge is 2.20. The second-order valence-corrected chi connectivity index (χ2v) is 14.1. The molecule has 0 spiro atoms. The molecule has 0 aliphatic heterocycles. The van der Waals surface area contributed by atoms with Gasteiger partial charge in [-0.25, -0.2) is 15.0 Å². The Morgan fingerprint density at radius 1 is 0.250 bits per heavy atom. The van der Waals surface area contributed by atoms with Crippen molar-refractivity contribution in [2.24, 2.45) is 0 Å². The molecule has 0 saturated heterocycles. The molecule has 0 aliphatic rings. The van der Waals surface area contributed by atoms with Gasteiger partial charge in [-0.2, -0.15) is 0 Å². The summed E-state index contributed by atoms with van der Waals surface area (Å²) in [7, 11) is 0. The summed E-state index contributed by atoms with van der Waals surface area (Å²) in [5.41, 5.74) is 12.2. The van der Waals surface area contributed by atoms with Gasteiger partial charge in [-0.1, -0.05) is 152 Å². The van der Waals surface area contributed by atoms with E-state index in [-0.39, 0.29) is 0 Å². The number of rotatable bonds is 6. The third-order valence-electron chi connectivity index (χ3n) is 10.8. The van der Waals surface area contributed by atoms with Gasteiger partial charge in [0.25, 0.3) is 0 Å². The van der Waals surface area contributed by atoms with Crippen molar-refractivity contribution in [1.29, 1.82) is 0 Å². The van der Waals surface area contributed by atoms with Crippen LogP contribution in [0.25, 0.3) is 100 Å². The molecule has 0 atom stereocenters. The highest BCUT2D eigenvalue weighted by molar-refractivity contribution is 6.28. The van der Waals surface area contributed by atoms with Crippen molar-refractivity contribution in [2.45, 2.75) is 0 Å². The number of benzene rings is 8. The quantitative estimate of drug-likeness (QED) is 0.172. The zero-order valence-electron chi connectivity index (χ0n) is 30.3. The number of hydrogen-bond donors (Lipinski definition) is 0. The van der Waals surface area contributed by atoms with Crippen molar-refractivity contribution >= 4 is 43.6 Å². The summed E-state index contributed by atoms with van der Waals surface area (Å²) in [5, 5.41) is 5.04. The Labute approximate surface area is 323 Å². The van der Waals surface area contributed by atoms with E-state index in [1.165, 1.54) is 43.6 Å². The van der Waals surface area contributed by atoms with Crippen molar-refractivity contribution < 1.29 is 0 Å². The van der Waals surface area contributed by atoms with Crippen molar-refractivity contribution in [3.63, 3.8) is 0 Å². The Kier molecular flexibility index (Phi) is 7.42. The van der Waals surface area contributed by atoms with Crippen LogP contribution in [-0.2, 0) is 0 Å². The first-order valence-corrected chi connectivity index (χ1v) is 18.9. The van der Waals surface area contributed by atoms with E-state index >= 15 is 0 Å². The molecule has 11 rings (SSSR count). The Hall–Kier alpha value is -7.63. The fourth-order valence-corrected chi connectivity index (χ4v) is 8.20. The normalized spacial score (nSPS) is 11.6. The molecular weight excluding hydrogens is 683 g/mol. The number of fused-ring (bicyclic) bond motifs is 7. The van der Waals surface area contributed by atoms with Gasteiger partial charge in [0.15, 0.2) is 17.5 Å². The zero-order chi connectivity index (χ0) is 37.0. The lowest BCUT2D eigenvalue weighted by atomic mass is 10.0. The molecule has 3 heterocycles. The summed E-state index contributed by atoms with van der Waals surface area (Å²) in [6.07, 6.45) is 0. The first kappa shape index (κ1) is 31.9. The molecule has 0 aliphatic carbocycles. The maximum Gasteiger partial charge on any atom is 0.164 e. The third-order valence-corrected chi connectivity index (χ3v) is 10.8. The molecule has 0 N–H and O–H groups in total. The summed E-state index contributed by atoms with van der Waals surface area (Å²) in [6, 6.07) is 70.3. The Balaban J connectivity index is 0.990. The van der Waals surface area contributed by atoms with Gasteiger partial charge in [-0.3, -0.25) is 0 Å². The molecule has 0 amide bonds. The summed E-state index contributed by atoms with van der Waals surface area (Å²) in [5.74, 6) is 1.95. The van der Waals surface area contributed by atoms with Crippen LogP contribution < -0.4 is 0 Å². The molecule has 5 heteroatoms. The van der Waals surface area contributed by atoms with E-state index in [0.717, 1.165) is 39.2 Å². The van der Waals surface area contributed by atoms with Crippen molar-refractivity contribution in [1.82, 2.24) is 24.1 Å². The number of nitrogens with zero attached hydrogens (tertiary/aromatic N) is 5. The van der Waals surface area contributed by atoms with Crippen molar-refractivity contribution in [3.05, 3.63) is 200 Å². The van der Waals surface area contributed by atoms with Crippen LogP contribution in [0.5, 0.6) is 0 Å². The molecule has 0 radical (unpaired) electrons. The van der Waals surface area contributed by atoms with Gasteiger partial charge in [-0.15, -0.1) is 0 Å². The van der Waals surface area contributed by atoms with Crippen LogP contribution in [0.4, 0.5) is 0 Å².